The largest absolute Gasteiger partial charge is 0.434 e. The number of hydrogen-bond acceptors (Lipinski definition) is 3. The van der Waals surface area contributed by atoms with E-state index in [1.807, 2.05) is 30.3 Å². The first-order chi connectivity index (χ1) is 11.6. The van der Waals surface area contributed by atoms with Gasteiger partial charge in [0.05, 0.1) is 18.1 Å². The van der Waals surface area contributed by atoms with Gasteiger partial charge in [0.1, 0.15) is 5.75 Å². The van der Waals surface area contributed by atoms with Crippen molar-refractivity contribution in [3.63, 3.8) is 0 Å². The predicted molar refractivity (Wildman–Crippen MR) is 91.1 cm³/mol. The summed E-state index contributed by atoms with van der Waals surface area (Å²) in [5.74, 6) is 0.0570. The molecule has 0 fully saturated rings. The minimum Gasteiger partial charge on any atom is -0.434 e. The zero-order chi connectivity index (χ0) is 16.9. The number of aromatic nitrogens is 2. The number of nitrogens with one attached hydrogen (secondary N) is 1. The van der Waals surface area contributed by atoms with Gasteiger partial charge in [-0.1, -0.05) is 42.5 Å². The van der Waals surface area contributed by atoms with E-state index in [0.29, 0.717) is 10.3 Å². The van der Waals surface area contributed by atoms with Crippen LogP contribution in [0.15, 0.2) is 65.9 Å². The average molecular weight is 345 g/mol. The van der Waals surface area contributed by atoms with Crippen molar-refractivity contribution in [1.82, 2.24) is 9.66 Å². The summed E-state index contributed by atoms with van der Waals surface area (Å²) in [6, 6.07) is 16.1. The van der Waals surface area contributed by atoms with Crippen LogP contribution in [-0.2, 0) is 0 Å². The molecule has 1 N–H and O–H groups in total. The lowest BCUT2D eigenvalue weighted by molar-refractivity contribution is -0.0499. The minimum atomic E-state index is -2.89. The Morgan fingerprint density at radius 2 is 1.79 bits per heavy atom. The third-order valence-corrected chi connectivity index (χ3v) is 3.53. The normalized spacial score (nSPS) is 11.3. The predicted octanol–water partition coefficient (Wildman–Crippen LogP) is 4.70. The van der Waals surface area contributed by atoms with E-state index in [-0.39, 0.29) is 5.75 Å². The molecule has 1 heterocycles. The first-order valence-corrected chi connectivity index (χ1v) is 7.49. The van der Waals surface area contributed by atoms with Gasteiger partial charge < -0.3 is 9.72 Å². The quantitative estimate of drug-likeness (QED) is 0.538. The Labute approximate surface area is 142 Å². The van der Waals surface area contributed by atoms with Gasteiger partial charge in [-0.15, -0.1) is 0 Å². The number of ether oxygens (including phenoxy) is 1. The van der Waals surface area contributed by atoms with Crippen molar-refractivity contribution in [3.05, 3.63) is 71.1 Å². The number of imidazole rings is 1. The second-order valence-corrected chi connectivity index (χ2v) is 5.23. The zero-order valence-corrected chi connectivity index (χ0v) is 13.2. The highest BCUT2D eigenvalue weighted by atomic mass is 32.1. The average Bonchev–Trinajstić information content (AvgIpc) is 2.95. The summed E-state index contributed by atoms with van der Waals surface area (Å²) >= 11 is 5.23. The number of benzene rings is 2. The monoisotopic (exact) mass is 345 g/mol. The maximum atomic E-state index is 12.4. The standard InChI is InChI=1S/C17H13F2N3OS/c18-16(19)23-15-9-5-4-8-13(15)10-20-22-11-14(21-17(22)24)12-6-2-1-3-7-12/h1-11,16H,(H,21,24)/b20-10-. The second kappa shape index (κ2) is 7.18. The number of halogens is 2. The van der Waals surface area contributed by atoms with Crippen LogP contribution in [0, 0.1) is 4.77 Å². The van der Waals surface area contributed by atoms with Gasteiger partial charge in [0.2, 0.25) is 0 Å². The third kappa shape index (κ3) is 3.75. The lowest BCUT2D eigenvalue weighted by atomic mass is 10.2. The van der Waals surface area contributed by atoms with Gasteiger partial charge in [0.15, 0.2) is 4.77 Å². The van der Waals surface area contributed by atoms with E-state index < -0.39 is 6.61 Å². The summed E-state index contributed by atoms with van der Waals surface area (Å²) in [4.78, 5) is 3.06. The molecule has 4 nitrogen and oxygen atoms in total. The molecular weight excluding hydrogens is 332 g/mol. The van der Waals surface area contributed by atoms with Crippen molar-refractivity contribution in [2.45, 2.75) is 6.61 Å². The van der Waals surface area contributed by atoms with Crippen molar-refractivity contribution in [2.75, 3.05) is 0 Å². The van der Waals surface area contributed by atoms with Gasteiger partial charge in [-0.3, -0.25) is 0 Å². The Kier molecular flexibility index (Phi) is 4.81. The van der Waals surface area contributed by atoms with E-state index in [2.05, 4.69) is 14.8 Å². The number of para-hydroxylation sites is 1. The molecule has 3 aromatic rings. The molecule has 0 spiro atoms. The highest BCUT2D eigenvalue weighted by molar-refractivity contribution is 7.71. The molecule has 0 atom stereocenters. The van der Waals surface area contributed by atoms with Crippen LogP contribution in [0.5, 0.6) is 5.75 Å². The van der Waals surface area contributed by atoms with Crippen LogP contribution < -0.4 is 4.74 Å². The number of H-pyrrole nitrogens is 1. The molecule has 24 heavy (non-hydrogen) atoms. The van der Waals surface area contributed by atoms with Gasteiger partial charge >= 0.3 is 6.61 Å². The summed E-state index contributed by atoms with van der Waals surface area (Å²) in [6.45, 7) is -2.89. The lowest BCUT2D eigenvalue weighted by Crippen LogP contribution is -2.04. The number of rotatable bonds is 5. The zero-order valence-electron chi connectivity index (χ0n) is 12.4. The fourth-order valence-corrected chi connectivity index (χ4v) is 2.36. The second-order valence-electron chi connectivity index (χ2n) is 4.84. The molecule has 0 amide bonds. The van der Waals surface area contributed by atoms with Crippen molar-refractivity contribution in [3.8, 4) is 17.0 Å². The Balaban J connectivity index is 1.88. The van der Waals surface area contributed by atoms with E-state index in [1.165, 1.54) is 17.0 Å². The molecule has 0 radical (unpaired) electrons. The molecule has 0 aliphatic rings. The summed E-state index contributed by atoms with van der Waals surface area (Å²) in [7, 11) is 0. The Morgan fingerprint density at radius 1 is 1.08 bits per heavy atom. The highest BCUT2D eigenvalue weighted by Gasteiger charge is 2.08. The summed E-state index contributed by atoms with van der Waals surface area (Å²) in [5.41, 5.74) is 2.22. The molecule has 7 heteroatoms. The van der Waals surface area contributed by atoms with Gasteiger partial charge in [-0.2, -0.15) is 13.9 Å². The fourth-order valence-electron chi connectivity index (χ4n) is 2.15. The topological polar surface area (TPSA) is 42.3 Å². The number of aromatic amines is 1. The van der Waals surface area contributed by atoms with Crippen LogP contribution >= 0.6 is 12.2 Å². The van der Waals surface area contributed by atoms with Crippen molar-refractivity contribution in [2.24, 2.45) is 5.10 Å². The van der Waals surface area contributed by atoms with E-state index in [9.17, 15) is 8.78 Å². The molecule has 0 saturated heterocycles. The highest BCUT2D eigenvalue weighted by Crippen LogP contribution is 2.19. The van der Waals surface area contributed by atoms with E-state index in [0.717, 1.165) is 11.3 Å². The van der Waals surface area contributed by atoms with Crippen molar-refractivity contribution < 1.29 is 13.5 Å². The van der Waals surface area contributed by atoms with Crippen LogP contribution in [0.3, 0.4) is 0 Å². The molecule has 0 saturated carbocycles. The molecule has 0 aliphatic carbocycles. The van der Waals surface area contributed by atoms with Crippen LogP contribution in [0.25, 0.3) is 11.3 Å². The lowest BCUT2D eigenvalue weighted by Gasteiger charge is -2.06. The first kappa shape index (κ1) is 16.1. The van der Waals surface area contributed by atoms with Crippen molar-refractivity contribution in [1.29, 1.82) is 0 Å². The van der Waals surface area contributed by atoms with E-state index in [1.54, 1.807) is 24.4 Å². The number of hydrogen-bond donors (Lipinski definition) is 1. The maximum Gasteiger partial charge on any atom is 0.387 e. The molecule has 1 aromatic heterocycles. The Bertz CT molecular complexity index is 903. The number of nitrogens with zero attached hydrogens (tertiary/aromatic N) is 2. The minimum absolute atomic E-state index is 0.0570. The van der Waals surface area contributed by atoms with E-state index in [4.69, 9.17) is 12.2 Å². The third-order valence-electron chi connectivity index (χ3n) is 3.24. The van der Waals surface area contributed by atoms with Gasteiger partial charge in [-0.25, -0.2) is 4.68 Å². The van der Waals surface area contributed by atoms with Crippen LogP contribution in [-0.4, -0.2) is 22.5 Å². The Morgan fingerprint density at radius 3 is 2.54 bits per heavy atom. The SMILES string of the molecule is FC(F)Oc1ccccc1/C=N\n1cc(-c2ccccc2)[nH]c1=S. The first-order valence-electron chi connectivity index (χ1n) is 7.09. The van der Waals surface area contributed by atoms with Gasteiger partial charge in [-0.05, 0) is 29.9 Å². The van der Waals surface area contributed by atoms with E-state index >= 15 is 0 Å². The Hall–Kier alpha value is -2.80. The fraction of sp³-hybridized carbons (Fsp3) is 0.0588. The molecule has 3 rings (SSSR count). The van der Waals surface area contributed by atoms with Crippen LogP contribution in [0.1, 0.15) is 5.56 Å². The smallest absolute Gasteiger partial charge is 0.387 e. The molecule has 0 bridgehead atoms. The number of alkyl halides is 2. The van der Waals surface area contributed by atoms with Crippen molar-refractivity contribution >= 4 is 18.4 Å². The van der Waals surface area contributed by atoms with Gasteiger partial charge in [0, 0.05) is 5.56 Å². The molecular formula is C17H13F2N3OS. The molecule has 0 aliphatic heterocycles. The van der Waals surface area contributed by atoms with Crippen LogP contribution in [0.2, 0.25) is 0 Å². The summed E-state index contributed by atoms with van der Waals surface area (Å²) in [6.07, 6.45) is 3.17. The molecule has 122 valence electrons. The summed E-state index contributed by atoms with van der Waals surface area (Å²) in [5, 5.41) is 4.22. The summed E-state index contributed by atoms with van der Waals surface area (Å²) < 4.78 is 31.2. The maximum absolute atomic E-state index is 12.4. The van der Waals surface area contributed by atoms with Gasteiger partial charge in [0.25, 0.3) is 0 Å². The van der Waals surface area contributed by atoms with Crippen LogP contribution in [0.4, 0.5) is 8.78 Å². The molecule has 0 unspecified atom stereocenters. The molecule has 2 aromatic carbocycles.